The molecule has 0 aliphatic carbocycles. The smallest absolute Gasteiger partial charge is 0.192 e. The first-order valence-electron chi connectivity index (χ1n) is 10.8. The van der Waals surface area contributed by atoms with E-state index in [1.807, 2.05) is 0 Å². The first kappa shape index (κ1) is 26.8. The largest absolute Gasteiger partial charge is 0.414 e. The molecule has 0 saturated heterocycles. The SMILES string of the molecule is CCCC[Si](C)(C)C(C)(CC)O[Si](C)(C)C(C)(CC)CCCOCCBr. The van der Waals surface area contributed by atoms with E-state index in [0.29, 0.717) is 5.04 Å². The first-order valence-corrected chi connectivity index (χ1v) is 18.0. The maximum absolute atomic E-state index is 7.22. The Balaban J connectivity index is 5.21. The van der Waals surface area contributed by atoms with E-state index >= 15 is 0 Å². The van der Waals surface area contributed by atoms with Gasteiger partial charge in [0.2, 0.25) is 0 Å². The van der Waals surface area contributed by atoms with Crippen LogP contribution in [-0.4, -0.2) is 40.2 Å². The third-order valence-electron chi connectivity index (χ3n) is 7.21. The van der Waals surface area contributed by atoms with Crippen molar-refractivity contribution in [3.05, 3.63) is 0 Å². The quantitative estimate of drug-likeness (QED) is 0.139. The minimum atomic E-state index is -1.86. The summed E-state index contributed by atoms with van der Waals surface area (Å²) in [5.41, 5.74) is 0. The van der Waals surface area contributed by atoms with Crippen molar-refractivity contribution in [1.29, 1.82) is 0 Å². The predicted octanol–water partition coefficient (Wildman–Crippen LogP) is 7.79. The van der Waals surface area contributed by atoms with Gasteiger partial charge in [-0.3, -0.25) is 0 Å². The molecule has 2 nitrogen and oxygen atoms in total. The molecule has 158 valence electrons. The van der Waals surface area contributed by atoms with Gasteiger partial charge in [-0.2, -0.15) is 0 Å². The van der Waals surface area contributed by atoms with E-state index in [1.165, 1.54) is 31.7 Å². The van der Waals surface area contributed by atoms with Gasteiger partial charge in [0.25, 0.3) is 0 Å². The number of hydrogen-bond acceptors (Lipinski definition) is 2. The molecule has 2 unspecified atom stereocenters. The van der Waals surface area contributed by atoms with Gasteiger partial charge >= 0.3 is 0 Å². The van der Waals surface area contributed by atoms with Crippen LogP contribution in [0.4, 0.5) is 0 Å². The first-order chi connectivity index (χ1) is 11.9. The highest BCUT2D eigenvalue weighted by molar-refractivity contribution is 9.09. The Bertz CT molecular complexity index is 390. The van der Waals surface area contributed by atoms with Gasteiger partial charge in [0.05, 0.1) is 14.7 Å². The van der Waals surface area contributed by atoms with Gasteiger partial charge in [0.15, 0.2) is 8.32 Å². The lowest BCUT2D eigenvalue weighted by Gasteiger charge is -2.52. The molecule has 0 saturated carbocycles. The summed E-state index contributed by atoms with van der Waals surface area (Å²) in [6, 6.07) is 1.38. The van der Waals surface area contributed by atoms with Gasteiger partial charge < -0.3 is 9.16 Å². The Kier molecular flexibility index (Phi) is 12.1. The Morgan fingerprint density at radius 2 is 1.50 bits per heavy atom. The Labute approximate surface area is 175 Å². The summed E-state index contributed by atoms with van der Waals surface area (Å²) in [6.45, 7) is 23.6. The van der Waals surface area contributed by atoms with Crippen LogP contribution in [0.2, 0.25) is 37.3 Å². The number of halogens is 1. The van der Waals surface area contributed by atoms with Crippen molar-refractivity contribution in [3.8, 4) is 0 Å². The van der Waals surface area contributed by atoms with E-state index in [4.69, 9.17) is 9.16 Å². The molecule has 5 heteroatoms. The second kappa shape index (κ2) is 11.7. The fraction of sp³-hybridized carbons (Fsp3) is 1.00. The van der Waals surface area contributed by atoms with Crippen LogP contribution in [0, 0.1) is 0 Å². The normalized spacial score (nSPS) is 17.8. The molecule has 0 rings (SSSR count). The number of alkyl halides is 1. The van der Waals surface area contributed by atoms with Crippen molar-refractivity contribution >= 4 is 32.3 Å². The van der Waals surface area contributed by atoms with Gasteiger partial charge in [-0.05, 0) is 44.3 Å². The molecule has 0 bridgehead atoms. The Hall–Kier alpha value is 0.834. The van der Waals surface area contributed by atoms with Gasteiger partial charge in [0, 0.05) is 17.2 Å². The highest BCUT2D eigenvalue weighted by atomic mass is 79.9. The molecule has 0 aliphatic rings. The van der Waals surface area contributed by atoms with Crippen LogP contribution >= 0.6 is 15.9 Å². The standard InChI is InChI=1S/C21H47BrO2Si2/c1-10-13-19-25(6,7)21(5,12-3)24-26(8,9)20(4,11-2)15-14-17-23-18-16-22/h10-19H2,1-9H3. The summed E-state index contributed by atoms with van der Waals surface area (Å²) in [5.74, 6) is 0. The van der Waals surface area contributed by atoms with Crippen LogP contribution in [0.5, 0.6) is 0 Å². The van der Waals surface area contributed by atoms with E-state index < -0.39 is 16.4 Å². The van der Waals surface area contributed by atoms with Crippen LogP contribution in [0.1, 0.15) is 73.1 Å². The Morgan fingerprint density at radius 1 is 0.885 bits per heavy atom. The maximum atomic E-state index is 7.22. The fourth-order valence-electron chi connectivity index (χ4n) is 3.88. The van der Waals surface area contributed by atoms with Crippen molar-refractivity contribution in [2.75, 3.05) is 18.5 Å². The molecular formula is C21H47BrO2Si2. The van der Waals surface area contributed by atoms with Crippen molar-refractivity contribution in [3.63, 3.8) is 0 Å². The number of ether oxygens (including phenoxy) is 1. The van der Waals surface area contributed by atoms with E-state index in [2.05, 4.69) is 76.7 Å². The molecule has 0 N–H and O–H groups in total. The molecule has 2 atom stereocenters. The maximum Gasteiger partial charge on any atom is 0.192 e. The number of rotatable bonds is 15. The molecule has 26 heavy (non-hydrogen) atoms. The molecule has 0 amide bonds. The van der Waals surface area contributed by atoms with Gasteiger partial charge in [-0.1, -0.05) is 82.0 Å². The summed E-state index contributed by atoms with van der Waals surface area (Å²) in [5, 5.41) is 1.31. The molecular weight excluding hydrogens is 420 g/mol. The second-order valence-corrected chi connectivity index (χ2v) is 20.1. The minimum Gasteiger partial charge on any atom is -0.414 e. The van der Waals surface area contributed by atoms with Gasteiger partial charge in [0.1, 0.15) is 0 Å². The molecule has 0 aliphatic heterocycles. The molecule has 0 aromatic heterocycles. The van der Waals surface area contributed by atoms with Gasteiger partial charge in [-0.15, -0.1) is 0 Å². The zero-order valence-electron chi connectivity index (χ0n) is 19.3. The number of unbranched alkanes of at least 4 members (excludes halogenated alkanes) is 1. The summed E-state index contributed by atoms with van der Waals surface area (Å²) >= 11 is 3.43. The Morgan fingerprint density at radius 3 is 1.96 bits per heavy atom. The van der Waals surface area contributed by atoms with E-state index in [9.17, 15) is 0 Å². The van der Waals surface area contributed by atoms with E-state index in [0.717, 1.165) is 31.4 Å². The third kappa shape index (κ3) is 7.34. The predicted molar refractivity (Wildman–Crippen MR) is 127 cm³/mol. The van der Waals surface area contributed by atoms with Crippen molar-refractivity contribution in [1.82, 2.24) is 0 Å². The minimum absolute atomic E-state index is 0.0841. The summed E-state index contributed by atoms with van der Waals surface area (Å²) in [7, 11) is -3.31. The summed E-state index contributed by atoms with van der Waals surface area (Å²) in [6.07, 6.45) is 7.31. The average molecular weight is 468 g/mol. The topological polar surface area (TPSA) is 18.5 Å². The lowest BCUT2D eigenvalue weighted by Crippen LogP contribution is -2.60. The highest BCUT2D eigenvalue weighted by Gasteiger charge is 2.51. The monoisotopic (exact) mass is 466 g/mol. The van der Waals surface area contributed by atoms with Crippen molar-refractivity contribution in [2.24, 2.45) is 0 Å². The van der Waals surface area contributed by atoms with Crippen LogP contribution in [-0.2, 0) is 9.16 Å². The number of hydrogen-bond donors (Lipinski definition) is 0. The van der Waals surface area contributed by atoms with Crippen molar-refractivity contribution in [2.45, 2.75) is 116 Å². The molecule has 0 aromatic carbocycles. The van der Waals surface area contributed by atoms with Gasteiger partial charge in [-0.25, -0.2) is 0 Å². The zero-order valence-corrected chi connectivity index (χ0v) is 22.9. The van der Waals surface area contributed by atoms with Crippen LogP contribution in [0.3, 0.4) is 0 Å². The lowest BCUT2D eigenvalue weighted by molar-refractivity contribution is 0.125. The lowest BCUT2D eigenvalue weighted by atomic mass is 10.0. The van der Waals surface area contributed by atoms with Crippen molar-refractivity contribution < 1.29 is 9.16 Å². The highest BCUT2D eigenvalue weighted by Crippen LogP contribution is 2.49. The van der Waals surface area contributed by atoms with E-state index in [-0.39, 0.29) is 5.22 Å². The molecule has 0 spiro atoms. The molecule has 0 aromatic rings. The average Bonchev–Trinajstić information content (AvgIpc) is 2.58. The fourth-order valence-corrected chi connectivity index (χ4v) is 11.9. The van der Waals surface area contributed by atoms with E-state index in [1.54, 1.807) is 0 Å². The second-order valence-electron chi connectivity index (χ2n) is 9.50. The summed E-state index contributed by atoms with van der Waals surface area (Å²) in [4.78, 5) is 0. The molecule has 0 heterocycles. The third-order valence-corrected chi connectivity index (χ3v) is 17.1. The zero-order chi connectivity index (χ0) is 20.5. The summed E-state index contributed by atoms with van der Waals surface area (Å²) < 4.78 is 12.9. The molecule has 0 fully saturated rings. The van der Waals surface area contributed by atoms with Crippen LogP contribution < -0.4 is 0 Å². The van der Waals surface area contributed by atoms with Crippen LogP contribution in [0.25, 0.3) is 0 Å². The van der Waals surface area contributed by atoms with Crippen LogP contribution in [0.15, 0.2) is 0 Å². The molecule has 0 radical (unpaired) electrons.